The van der Waals surface area contributed by atoms with E-state index in [4.69, 9.17) is 5.73 Å². The lowest BCUT2D eigenvalue weighted by Gasteiger charge is -2.08. The number of nitrogens with zero attached hydrogens (tertiary/aromatic N) is 2. The molecule has 0 atom stereocenters. The molecule has 3 nitrogen and oxygen atoms in total. The van der Waals surface area contributed by atoms with Crippen LogP contribution in [0.25, 0.3) is 5.69 Å². The maximum absolute atomic E-state index is 13.0. The van der Waals surface area contributed by atoms with Crippen molar-refractivity contribution in [1.29, 1.82) is 0 Å². The molecule has 0 amide bonds. The van der Waals surface area contributed by atoms with Gasteiger partial charge in [0.15, 0.2) is 0 Å². The molecule has 0 saturated carbocycles. The van der Waals surface area contributed by atoms with Crippen molar-refractivity contribution >= 4 is 0 Å². The van der Waals surface area contributed by atoms with Gasteiger partial charge in [-0.3, -0.25) is 0 Å². The topological polar surface area (TPSA) is 43.8 Å². The van der Waals surface area contributed by atoms with Crippen LogP contribution in [-0.2, 0) is 6.54 Å². The van der Waals surface area contributed by atoms with Crippen molar-refractivity contribution in [3.05, 3.63) is 47.0 Å². The molecule has 1 aromatic heterocycles. The van der Waals surface area contributed by atoms with Crippen LogP contribution in [0.2, 0.25) is 0 Å². The first-order valence-corrected chi connectivity index (χ1v) is 5.13. The van der Waals surface area contributed by atoms with Gasteiger partial charge in [-0.1, -0.05) is 0 Å². The Morgan fingerprint density at radius 3 is 2.69 bits per heavy atom. The van der Waals surface area contributed by atoms with Crippen LogP contribution in [0.15, 0.2) is 24.4 Å². The van der Waals surface area contributed by atoms with E-state index in [1.54, 1.807) is 16.9 Å². The molecule has 4 heteroatoms. The highest BCUT2D eigenvalue weighted by Gasteiger charge is 2.09. The van der Waals surface area contributed by atoms with E-state index in [1.807, 2.05) is 13.8 Å². The molecule has 16 heavy (non-hydrogen) atoms. The molecule has 0 aliphatic heterocycles. The van der Waals surface area contributed by atoms with Crippen LogP contribution < -0.4 is 5.73 Å². The van der Waals surface area contributed by atoms with Gasteiger partial charge in [0.05, 0.1) is 11.9 Å². The number of hydrogen-bond acceptors (Lipinski definition) is 2. The van der Waals surface area contributed by atoms with E-state index in [0.29, 0.717) is 6.54 Å². The minimum atomic E-state index is -0.231. The standard InChI is InChI=1S/C12H14FN3/c1-8-5-11(13)3-4-12(8)16-9(2)10(6-14)7-15-16/h3-5,7H,6,14H2,1-2H3. The molecule has 0 aliphatic carbocycles. The van der Waals surface area contributed by atoms with Crippen LogP contribution in [0.3, 0.4) is 0 Å². The van der Waals surface area contributed by atoms with E-state index >= 15 is 0 Å². The van der Waals surface area contributed by atoms with Gasteiger partial charge >= 0.3 is 0 Å². The maximum atomic E-state index is 13.0. The summed E-state index contributed by atoms with van der Waals surface area (Å²) in [7, 11) is 0. The minimum absolute atomic E-state index is 0.231. The Morgan fingerprint density at radius 2 is 2.12 bits per heavy atom. The van der Waals surface area contributed by atoms with Crippen molar-refractivity contribution in [3.8, 4) is 5.69 Å². The first-order chi connectivity index (χ1) is 7.63. The van der Waals surface area contributed by atoms with Gasteiger partial charge in [-0.05, 0) is 37.6 Å². The summed E-state index contributed by atoms with van der Waals surface area (Å²) in [6.45, 7) is 4.28. The molecule has 2 rings (SSSR count). The molecule has 1 aromatic carbocycles. The van der Waals surface area contributed by atoms with Crippen molar-refractivity contribution in [2.75, 3.05) is 0 Å². The first kappa shape index (κ1) is 10.8. The SMILES string of the molecule is Cc1cc(F)ccc1-n1ncc(CN)c1C. The van der Waals surface area contributed by atoms with E-state index in [-0.39, 0.29) is 5.82 Å². The molecule has 0 saturated heterocycles. The lowest BCUT2D eigenvalue weighted by atomic mass is 10.2. The third-order valence-corrected chi connectivity index (χ3v) is 2.72. The summed E-state index contributed by atoms with van der Waals surface area (Å²) in [5, 5.41) is 4.26. The number of benzene rings is 1. The summed E-state index contributed by atoms with van der Waals surface area (Å²) in [5.74, 6) is -0.231. The van der Waals surface area contributed by atoms with Crippen LogP contribution in [0.1, 0.15) is 16.8 Å². The Labute approximate surface area is 93.7 Å². The van der Waals surface area contributed by atoms with E-state index in [9.17, 15) is 4.39 Å². The monoisotopic (exact) mass is 219 g/mol. The first-order valence-electron chi connectivity index (χ1n) is 5.13. The summed E-state index contributed by atoms with van der Waals surface area (Å²) in [5.41, 5.74) is 9.34. The highest BCUT2D eigenvalue weighted by atomic mass is 19.1. The zero-order valence-electron chi connectivity index (χ0n) is 9.37. The second-order valence-electron chi connectivity index (χ2n) is 3.80. The fourth-order valence-corrected chi connectivity index (χ4v) is 1.74. The zero-order valence-corrected chi connectivity index (χ0v) is 9.37. The van der Waals surface area contributed by atoms with E-state index < -0.39 is 0 Å². The van der Waals surface area contributed by atoms with E-state index in [1.165, 1.54) is 12.1 Å². The molecule has 84 valence electrons. The summed E-state index contributed by atoms with van der Waals surface area (Å²) in [6, 6.07) is 4.66. The molecule has 0 spiro atoms. The Balaban J connectivity index is 2.54. The van der Waals surface area contributed by atoms with Crippen molar-refractivity contribution in [1.82, 2.24) is 9.78 Å². The van der Waals surface area contributed by atoms with Gasteiger partial charge in [0.2, 0.25) is 0 Å². The predicted molar refractivity (Wildman–Crippen MR) is 60.9 cm³/mol. The molecule has 0 fully saturated rings. The molecule has 2 aromatic rings. The maximum Gasteiger partial charge on any atom is 0.123 e. The molecule has 0 bridgehead atoms. The summed E-state index contributed by atoms with van der Waals surface area (Å²) < 4.78 is 14.8. The van der Waals surface area contributed by atoms with Gasteiger partial charge in [-0.15, -0.1) is 0 Å². The van der Waals surface area contributed by atoms with Crippen molar-refractivity contribution in [2.24, 2.45) is 5.73 Å². The Morgan fingerprint density at radius 1 is 1.38 bits per heavy atom. The fourth-order valence-electron chi connectivity index (χ4n) is 1.74. The molecule has 0 radical (unpaired) electrons. The molecular formula is C12H14FN3. The fraction of sp³-hybridized carbons (Fsp3) is 0.250. The second kappa shape index (κ2) is 4.06. The molecule has 1 heterocycles. The van der Waals surface area contributed by atoms with Crippen LogP contribution >= 0.6 is 0 Å². The molecular weight excluding hydrogens is 205 g/mol. The van der Waals surface area contributed by atoms with Crippen molar-refractivity contribution < 1.29 is 4.39 Å². The predicted octanol–water partition coefficient (Wildman–Crippen LogP) is 2.09. The number of rotatable bonds is 2. The van der Waals surface area contributed by atoms with Gasteiger partial charge in [0.25, 0.3) is 0 Å². The Bertz CT molecular complexity index is 517. The summed E-state index contributed by atoms with van der Waals surface area (Å²) >= 11 is 0. The number of aryl methyl sites for hydroxylation is 1. The highest BCUT2D eigenvalue weighted by molar-refractivity contribution is 5.42. The molecule has 2 N–H and O–H groups in total. The quantitative estimate of drug-likeness (QED) is 0.840. The second-order valence-corrected chi connectivity index (χ2v) is 3.80. The van der Waals surface area contributed by atoms with Crippen LogP contribution in [0.4, 0.5) is 4.39 Å². The van der Waals surface area contributed by atoms with Gasteiger partial charge in [-0.25, -0.2) is 9.07 Å². The van der Waals surface area contributed by atoms with Crippen molar-refractivity contribution in [3.63, 3.8) is 0 Å². The minimum Gasteiger partial charge on any atom is -0.326 e. The highest BCUT2D eigenvalue weighted by Crippen LogP contribution is 2.18. The normalized spacial score (nSPS) is 10.8. The lowest BCUT2D eigenvalue weighted by Crippen LogP contribution is -2.03. The largest absolute Gasteiger partial charge is 0.326 e. The molecule has 0 aliphatic rings. The molecule has 0 unspecified atom stereocenters. The van der Waals surface area contributed by atoms with Gasteiger partial charge in [0, 0.05) is 17.8 Å². The zero-order chi connectivity index (χ0) is 11.7. The third-order valence-electron chi connectivity index (χ3n) is 2.72. The summed E-state index contributed by atoms with van der Waals surface area (Å²) in [4.78, 5) is 0. The number of nitrogens with two attached hydrogens (primary N) is 1. The summed E-state index contributed by atoms with van der Waals surface area (Å²) in [6.07, 6.45) is 1.75. The van der Waals surface area contributed by atoms with E-state index in [2.05, 4.69) is 5.10 Å². The smallest absolute Gasteiger partial charge is 0.123 e. The van der Waals surface area contributed by atoms with Gasteiger partial charge < -0.3 is 5.73 Å². The Hall–Kier alpha value is -1.68. The number of halogens is 1. The van der Waals surface area contributed by atoms with Crippen LogP contribution in [0, 0.1) is 19.7 Å². The lowest BCUT2D eigenvalue weighted by molar-refractivity contribution is 0.625. The van der Waals surface area contributed by atoms with Crippen LogP contribution in [-0.4, -0.2) is 9.78 Å². The average Bonchev–Trinajstić information content (AvgIpc) is 2.60. The average molecular weight is 219 g/mol. The Kier molecular flexibility index (Phi) is 2.75. The van der Waals surface area contributed by atoms with Gasteiger partial charge in [0.1, 0.15) is 5.82 Å². The van der Waals surface area contributed by atoms with E-state index in [0.717, 1.165) is 22.5 Å². The number of aromatic nitrogens is 2. The van der Waals surface area contributed by atoms with Crippen molar-refractivity contribution in [2.45, 2.75) is 20.4 Å². The number of hydrogen-bond donors (Lipinski definition) is 1. The van der Waals surface area contributed by atoms with Gasteiger partial charge in [-0.2, -0.15) is 5.10 Å². The third kappa shape index (κ3) is 1.72. The van der Waals surface area contributed by atoms with Crippen LogP contribution in [0.5, 0.6) is 0 Å².